The lowest BCUT2D eigenvalue weighted by molar-refractivity contribution is -0.0287. The molecule has 3 heterocycles. The van der Waals surface area contributed by atoms with Gasteiger partial charge in [0.05, 0.1) is 0 Å². The second-order valence-electron chi connectivity index (χ2n) is 9.96. The van der Waals surface area contributed by atoms with Crippen LogP contribution in [0.2, 0.25) is 0 Å². The summed E-state index contributed by atoms with van der Waals surface area (Å²) in [4.78, 5) is 8.20. The first kappa shape index (κ1) is 17.7. The third kappa shape index (κ3) is 3.93. The monoisotopic (exact) mass is 321 g/mol. The van der Waals surface area contributed by atoms with Gasteiger partial charge in [-0.15, -0.1) is 0 Å². The fourth-order valence-electron chi connectivity index (χ4n) is 5.08. The number of hydrogen-bond donors (Lipinski definition) is 0. The van der Waals surface area contributed by atoms with Gasteiger partial charge in [0.25, 0.3) is 0 Å². The quantitative estimate of drug-likeness (QED) is 0.692. The normalized spacial score (nSPS) is 34.4. The van der Waals surface area contributed by atoms with Gasteiger partial charge < -0.3 is 4.90 Å². The summed E-state index contributed by atoms with van der Waals surface area (Å²) in [7, 11) is 0. The third-order valence-electron chi connectivity index (χ3n) is 6.61. The molecule has 23 heavy (non-hydrogen) atoms. The van der Waals surface area contributed by atoms with E-state index in [-0.39, 0.29) is 0 Å². The van der Waals surface area contributed by atoms with Crippen LogP contribution in [0.15, 0.2) is 0 Å². The van der Waals surface area contributed by atoms with Crippen LogP contribution in [0.1, 0.15) is 73.6 Å². The van der Waals surface area contributed by atoms with Crippen molar-refractivity contribution in [2.45, 2.75) is 103 Å². The summed E-state index contributed by atoms with van der Waals surface area (Å²) in [5, 5.41) is 0. The SMILES string of the molecule is CC(CC1CCN1C(C)(C)CC1CN1C(C)(C)C)N1CCCC1. The fourth-order valence-corrected chi connectivity index (χ4v) is 5.08. The second kappa shape index (κ2) is 6.31. The van der Waals surface area contributed by atoms with Crippen molar-refractivity contribution in [3.63, 3.8) is 0 Å². The van der Waals surface area contributed by atoms with E-state index in [1.54, 1.807) is 0 Å². The molecular weight excluding hydrogens is 282 g/mol. The average Bonchev–Trinajstić information content (AvgIpc) is 2.96. The van der Waals surface area contributed by atoms with E-state index >= 15 is 0 Å². The van der Waals surface area contributed by atoms with Gasteiger partial charge in [-0.3, -0.25) is 9.80 Å². The van der Waals surface area contributed by atoms with Crippen molar-refractivity contribution >= 4 is 0 Å². The van der Waals surface area contributed by atoms with E-state index < -0.39 is 0 Å². The molecule has 0 radical (unpaired) electrons. The van der Waals surface area contributed by atoms with Crippen LogP contribution in [0.4, 0.5) is 0 Å². The average molecular weight is 322 g/mol. The highest BCUT2D eigenvalue weighted by molar-refractivity contribution is 5.04. The minimum atomic E-state index is 0.347. The molecule has 0 aromatic heterocycles. The molecule has 4 atom stereocenters. The Labute approximate surface area is 144 Å². The minimum absolute atomic E-state index is 0.347. The summed E-state index contributed by atoms with van der Waals surface area (Å²) < 4.78 is 0. The van der Waals surface area contributed by atoms with Gasteiger partial charge in [0, 0.05) is 42.3 Å². The summed E-state index contributed by atoms with van der Waals surface area (Å²) in [5.41, 5.74) is 0.706. The summed E-state index contributed by atoms with van der Waals surface area (Å²) in [5.74, 6) is 0. The van der Waals surface area contributed by atoms with E-state index in [9.17, 15) is 0 Å². The van der Waals surface area contributed by atoms with Crippen LogP contribution in [0.5, 0.6) is 0 Å². The Kier molecular flexibility index (Phi) is 4.85. The Bertz CT molecular complexity index is 406. The number of hydrogen-bond acceptors (Lipinski definition) is 3. The van der Waals surface area contributed by atoms with Crippen molar-refractivity contribution in [3.8, 4) is 0 Å². The van der Waals surface area contributed by atoms with E-state index in [0.717, 1.165) is 18.1 Å². The molecule has 0 amide bonds. The van der Waals surface area contributed by atoms with Crippen molar-refractivity contribution < 1.29 is 0 Å². The molecule has 134 valence electrons. The molecular formula is C20H39N3. The van der Waals surface area contributed by atoms with Gasteiger partial charge >= 0.3 is 0 Å². The molecule has 0 aromatic carbocycles. The summed E-state index contributed by atoms with van der Waals surface area (Å²) in [6.45, 7) is 19.8. The molecule has 3 saturated heterocycles. The summed E-state index contributed by atoms with van der Waals surface area (Å²) >= 11 is 0. The summed E-state index contributed by atoms with van der Waals surface area (Å²) in [6, 6.07) is 2.40. The van der Waals surface area contributed by atoms with Gasteiger partial charge in [-0.25, -0.2) is 0 Å². The van der Waals surface area contributed by atoms with Crippen molar-refractivity contribution in [1.29, 1.82) is 0 Å². The Morgan fingerprint density at radius 3 is 2.04 bits per heavy atom. The van der Waals surface area contributed by atoms with Gasteiger partial charge in [-0.05, 0) is 86.7 Å². The molecule has 3 nitrogen and oxygen atoms in total. The van der Waals surface area contributed by atoms with Crippen LogP contribution in [0.3, 0.4) is 0 Å². The largest absolute Gasteiger partial charge is 0.301 e. The molecule has 3 heteroatoms. The molecule has 0 saturated carbocycles. The zero-order valence-electron chi connectivity index (χ0n) is 16.4. The molecule has 0 aromatic rings. The van der Waals surface area contributed by atoms with Crippen LogP contribution in [0, 0.1) is 0 Å². The Hall–Kier alpha value is -0.120. The molecule has 0 spiro atoms. The Balaban J connectivity index is 1.50. The highest BCUT2D eigenvalue weighted by atomic mass is 15.4. The molecule has 0 aliphatic carbocycles. The number of nitrogens with zero attached hydrogens (tertiary/aromatic N) is 3. The minimum Gasteiger partial charge on any atom is -0.301 e. The predicted octanol–water partition coefficient (Wildman–Crippen LogP) is 3.59. The van der Waals surface area contributed by atoms with Crippen molar-refractivity contribution in [1.82, 2.24) is 14.7 Å². The van der Waals surface area contributed by atoms with Gasteiger partial charge in [-0.1, -0.05) is 0 Å². The molecule has 0 bridgehead atoms. The molecule has 3 aliphatic rings. The highest BCUT2D eigenvalue weighted by Crippen LogP contribution is 2.40. The summed E-state index contributed by atoms with van der Waals surface area (Å²) in [6.07, 6.45) is 6.94. The van der Waals surface area contributed by atoms with Crippen LogP contribution >= 0.6 is 0 Å². The van der Waals surface area contributed by atoms with Crippen molar-refractivity contribution in [2.24, 2.45) is 0 Å². The van der Waals surface area contributed by atoms with Crippen LogP contribution in [-0.2, 0) is 0 Å². The smallest absolute Gasteiger partial charge is 0.0246 e. The third-order valence-corrected chi connectivity index (χ3v) is 6.61. The van der Waals surface area contributed by atoms with Gasteiger partial charge in [-0.2, -0.15) is 0 Å². The standard InChI is InChI=1S/C20H39N3/c1-16(21-10-7-8-11-21)13-17-9-12-22(17)20(5,6)14-18-15-23(18)19(2,3)4/h16-18H,7-15H2,1-6H3. The zero-order valence-corrected chi connectivity index (χ0v) is 16.4. The lowest BCUT2D eigenvalue weighted by atomic mass is 9.85. The Morgan fingerprint density at radius 2 is 1.57 bits per heavy atom. The topological polar surface area (TPSA) is 9.49 Å². The highest BCUT2D eigenvalue weighted by Gasteiger charge is 2.48. The molecule has 3 aliphatic heterocycles. The predicted molar refractivity (Wildman–Crippen MR) is 98.9 cm³/mol. The second-order valence-corrected chi connectivity index (χ2v) is 9.96. The number of rotatable bonds is 6. The molecule has 4 unspecified atom stereocenters. The first-order valence-electron chi connectivity index (χ1n) is 9.96. The van der Waals surface area contributed by atoms with Gasteiger partial charge in [0.15, 0.2) is 0 Å². The molecule has 3 rings (SSSR count). The van der Waals surface area contributed by atoms with E-state index in [4.69, 9.17) is 0 Å². The van der Waals surface area contributed by atoms with Gasteiger partial charge in [0.2, 0.25) is 0 Å². The maximum absolute atomic E-state index is 2.82. The maximum Gasteiger partial charge on any atom is 0.0246 e. The van der Waals surface area contributed by atoms with Crippen molar-refractivity contribution in [2.75, 3.05) is 26.2 Å². The lowest BCUT2D eigenvalue weighted by Crippen LogP contribution is -2.60. The Morgan fingerprint density at radius 1 is 0.913 bits per heavy atom. The van der Waals surface area contributed by atoms with Crippen LogP contribution in [-0.4, -0.2) is 70.1 Å². The maximum atomic E-state index is 2.82. The first-order valence-corrected chi connectivity index (χ1v) is 9.96. The van der Waals surface area contributed by atoms with Gasteiger partial charge in [0.1, 0.15) is 0 Å². The number of likely N-dealkylation sites (tertiary alicyclic amines) is 2. The van der Waals surface area contributed by atoms with E-state index in [0.29, 0.717) is 11.1 Å². The fraction of sp³-hybridized carbons (Fsp3) is 1.00. The lowest BCUT2D eigenvalue weighted by Gasteiger charge is -2.52. The van der Waals surface area contributed by atoms with E-state index in [2.05, 4.69) is 56.2 Å². The van der Waals surface area contributed by atoms with Crippen LogP contribution in [0.25, 0.3) is 0 Å². The molecule has 0 N–H and O–H groups in total. The van der Waals surface area contributed by atoms with E-state index in [1.807, 2.05) is 0 Å². The van der Waals surface area contributed by atoms with Crippen molar-refractivity contribution in [3.05, 3.63) is 0 Å². The first-order chi connectivity index (χ1) is 10.7. The molecule has 3 fully saturated rings. The zero-order chi connectivity index (χ0) is 16.8. The van der Waals surface area contributed by atoms with E-state index in [1.165, 1.54) is 58.3 Å². The van der Waals surface area contributed by atoms with Crippen LogP contribution < -0.4 is 0 Å².